The van der Waals surface area contributed by atoms with Crippen molar-refractivity contribution in [1.29, 1.82) is 0 Å². The van der Waals surface area contributed by atoms with Crippen LogP contribution < -0.4 is 10.5 Å². The summed E-state index contributed by atoms with van der Waals surface area (Å²) in [5.74, 6) is 0. The average Bonchev–Trinajstić information content (AvgIpc) is 2.38. The number of anilines is 1. The summed E-state index contributed by atoms with van der Waals surface area (Å²) in [6.07, 6.45) is 2.93. The lowest BCUT2D eigenvalue weighted by molar-refractivity contribution is 0.433. The second-order valence-electron chi connectivity index (χ2n) is 5.13. The molecule has 0 heterocycles. The lowest BCUT2D eigenvalue weighted by atomic mass is 9.96. The van der Waals surface area contributed by atoms with Gasteiger partial charge in [0.2, 0.25) is 10.0 Å². The van der Waals surface area contributed by atoms with Gasteiger partial charge in [0.15, 0.2) is 0 Å². The van der Waals surface area contributed by atoms with Gasteiger partial charge in [-0.3, -0.25) is 9.27 Å². The number of nitrogens with one attached hydrogen (secondary N) is 1. The van der Waals surface area contributed by atoms with E-state index in [9.17, 15) is 16.8 Å². The third-order valence-electron chi connectivity index (χ3n) is 3.56. The average molecular weight is 334 g/mol. The van der Waals surface area contributed by atoms with E-state index in [1.54, 1.807) is 0 Å². The third-order valence-corrected chi connectivity index (χ3v) is 6.34. The van der Waals surface area contributed by atoms with Gasteiger partial charge in [0.25, 0.3) is 10.1 Å². The van der Waals surface area contributed by atoms with Crippen molar-refractivity contribution in [1.82, 2.24) is 0 Å². The van der Waals surface area contributed by atoms with Crippen molar-refractivity contribution in [3.05, 3.63) is 24.3 Å². The topological polar surface area (TPSA) is 127 Å². The Kier molecular flexibility index (Phi) is 4.57. The van der Waals surface area contributed by atoms with Crippen LogP contribution in [0.2, 0.25) is 0 Å². The van der Waals surface area contributed by atoms with Gasteiger partial charge < -0.3 is 5.73 Å². The number of hydrogen-bond donors (Lipinski definition) is 3. The van der Waals surface area contributed by atoms with Crippen LogP contribution in [0, 0.1) is 0 Å². The van der Waals surface area contributed by atoms with Crippen LogP contribution in [0.15, 0.2) is 29.2 Å². The second-order valence-corrected chi connectivity index (χ2v) is 8.45. The summed E-state index contributed by atoms with van der Waals surface area (Å²) in [5.41, 5.74) is 6.10. The Morgan fingerprint density at radius 1 is 1.05 bits per heavy atom. The molecule has 2 rings (SSSR count). The molecular weight excluding hydrogens is 316 g/mol. The fraction of sp³-hybridized carbons (Fsp3) is 0.500. The first-order valence-electron chi connectivity index (χ1n) is 6.55. The zero-order valence-corrected chi connectivity index (χ0v) is 12.9. The first-order valence-corrected chi connectivity index (χ1v) is 9.53. The van der Waals surface area contributed by atoms with Crippen molar-refractivity contribution in [3.8, 4) is 0 Å². The van der Waals surface area contributed by atoms with E-state index in [2.05, 4.69) is 4.72 Å². The molecule has 0 spiro atoms. The number of benzene rings is 1. The summed E-state index contributed by atoms with van der Waals surface area (Å²) in [4.78, 5) is -0.292. The minimum Gasteiger partial charge on any atom is -0.326 e. The Morgan fingerprint density at radius 2 is 1.62 bits per heavy atom. The molecule has 0 aliphatic heterocycles. The maximum Gasteiger partial charge on any atom is 0.294 e. The molecule has 0 saturated heterocycles. The molecule has 1 fully saturated rings. The highest BCUT2D eigenvalue weighted by Gasteiger charge is 2.33. The van der Waals surface area contributed by atoms with Gasteiger partial charge in [0.05, 0.1) is 10.1 Å². The quantitative estimate of drug-likeness (QED) is 0.704. The summed E-state index contributed by atoms with van der Waals surface area (Å²) >= 11 is 0. The SMILES string of the molecule is NC1CCCCC1S(=O)(=O)Nc1ccc(S(=O)(=O)O)cc1. The molecule has 0 radical (unpaired) electrons. The molecule has 4 N–H and O–H groups in total. The van der Waals surface area contributed by atoms with Crippen LogP contribution in [0.25, 0.3) is 0 Å². The fourth-order valence-electron chi connectivity index (χ4n) is 2.45. The largest absolute Gasteiger partial charge is 0.326 e. The van der Waals surface area contributed by atoms with E-state index < -0.39 is 31.4 Å². The molecule has 7 nitrogen and oxygen atoms in total. The predicted molar refractivity (Wildman–Crippen MR) is 79.0 cm³/mol. The monoisotopic (exact) mass is 334 g/mol. The first-order chi connectivity index (χ1) is 9.70. The zero-order chi connectivity index (χ0) is 15.7. The molecular formula is C12H18N2O5S2. The Morgan fingerprint density at radius 3 is 2.14 bits per heavy atom. The van der Waals surface area contributed by atoms with Gasteiger partial charge in [-0.15, -0.1) is 0 Å². The van der Waals surface area contributed by atoms with E-state index in [1.807, 2.05) is 0 Å². The predicted octanol–water partition coefficient (Wildman–Crippen LogP) is 0.945. The minimum absolute atomic E-state index is 0.236. The van der Waals surface area contributed by atoms with Crippen molar-refractivity contribution in [3.63, 3.8) is 0 Å². The molecule has 0 aromatic heterocycles. The van der Waals surface area contributed by atoms with E-state index in [1.165, 1.54) is 12.1 Å². The summed E-state index contributed by atoms with van der Waals surface area (Å²) in [7, 11) is -7.91. The van der Waals surface area contributed by atoms with Gasteiger partial charge >= 0.3 is 0 Å². The summed E-state index contributed by atoms with van der Waals surface area (Å²) in [6.45, 7) is 0. The van der Waals surface area contributed by atoms with Crippen molar-refractivity contribution in [2.45, 2.75) is 41.9 Å². The van der Waals surface area contributed by atoms with Crippen molar-refractivity contribution < 1.29 is 21.4 Å². The van der Waals surface area contributed by atoms with Gasteiger partial charge in [-0.1, -0.05) is 12.8 Å². The molecule has 1 saturated carbocycles. The van der Waals surface area contributed by atoms with Crippen LogP contribution in [0.1, 0.15) is 25.7 Å². The van der Waals surface area contributed by atoms with E-state index in [4.69, 9.17) is 10.3 Å². The number of rotatable bonds is 4. The highest BCUT2D eigenvalue weighted by Crippen LogP contribution is 2.25. The van der Waals surface area contributed by atoms with Crippen LogP contribution in [0.3, 0.4) is 0 Å². The van der Waals surface area contributed by atoms with Gasteiger partial charge in [0.1, 0.15) is 0 Å². The normalized spacial score (nSPS) is 23.7. The molecule has 2 unspecified atom stereocenters. The second kappa shape index (κ2) is 5.91. The first kappa shape index (κ1) is 16.2. The van der Waals surface area contributed by atoms with Crippen LogP contribution in [0.5, 0.6) is 0 Å². The molecule has 0 amide bonds. The van der Waals surface area contributed by atoms with Crippen molar-refractivity contribution in [2.24, 2.45) is 5.73 Å². The molecule has 1 aromatic carbocycles. The third kappa shape index (κ3) is 3.94. The zero-order valence-electron chi connectivity index (χ0n) is 11.3. The van der Waals surface area contributed by atoms with E-state index in [0.29, 0.717) is 12.8 Å². The van der Waals surface area contributed by atoms with E-state index in [-0.39, 0.29) is 10.6 Å². The molecule has 2 atom stereocenters. The maximum absolute atomic E-state index is 12.3. The van der Waals surface area contributed by atoms with Crippen molar-refractivity contribution in [2.75, 3.05) is 4.72 Å². The molecule has 21 heavy (non-hydrogen) atoms. The highest BCUT2D eigenvalue weighted by atomic mass is 32.2. The van der Waals surface area contributed by atoms with E-state index in [0.717, 1.165) is 25.0 Å². The Balaban J connectivity index is 2.17. The number of hydrogen-bond acceptors (Lipinski definition) is 5. The Hall–Kier alpha value is -1.16. The summed E-state index contributed by atoms with van der Waals surface area (Å²) in [5, 5.41) is -0.646. The summed E-state index contributed by atoms with van der Waals surface area (Å²) in [6, 6.07) is 4.44. The molecule has 9 heteroatoms. The lowest BCUT2D eigenvalue weighted by Gasteiger charge is -2.28. The van der Waals surface area contributed by atoms with Gasteiger partial charge in [0, 0.05) is 11.7 Å². The molecule has 1 aromatic rings. The fourth-order valence-corrected chi connectivity index (χ4v) is 4.61. The van der Waals surface area contributed by atoms with Crippen LogP contribution in [0.4, 0.5) is 5.69 Å². The Labute approximate surface area is 124 Å². The van der Waals surface area contributed by atoms with E-state index >= 15 is 0 Å². The molecule has 1 aliphatic carbocycles. The minimum atomic E-state index is -4.29. The highest BCUT2D eigenvalue weighted by molar-refractivity contribution is 7.93. The van der Waals surface area contributed by atoms with Gasteiger partial charge in [-0.05, 0) is 37.1 Å². The van der Waals surface area contributed by atoms with Crippen LogP contribution >= 0.6 is 0 Å². The van der Waals surface area contributed by atoms with Crippen molar-refractivity contribution >= 4 is 25.8 Å². The maximum atomic E-state index is 12.3. The van der Waals surface area contributed by atoms with Crippen LogP contribution in [-0.2, 0) is 20.1 Å². The Bertz CT molecular complexity index is 698. The van der Waals surface area contributed by atoms with Gasteiger partial charge in [-0.25, -0.2) is 8.42 Å². The summed E-state index contributed by atoms with van der Waals surface area (Å²) < 4.78 is 57.7. The van der Waals surface area contributed by atoms with Crippen LogP contribution in [-0.4, -0.2) is 32.7 Å². The molecule has 118 valence electrons. The smallest absolute Gasteiger partial charge is 0.294 e. The number of sulfonamides is 1. The standard InChI is InChI=1S/C12H18N2O5S2/c13-11-3-1-2-4-12(11)20(15,16)14-9-5-7-10(8-6-9)21(17,18)19/h5-8,11-12,14H,1-4,13H2,(H,17,18,19). The molecule has 1 aliphatic rings. The molecule has 0 bridgehead atoms. The lowest BCUT2D eigenvalue weighted by Crippen LogP contribution is -2.45. The van der Waals surface area contributed by atoms with Gasteiger partial charge in [-0.2, -0.15) is 8.42 Å². The number of nitrogens with two attached hydrogens (primary N) is 1.